The fourth-order valence-electron chi connectivity index (χ4n) is 1.61. The van der Waals surface area contributed by atoms with Crippen molar-refractivity contribution in [3.8, 4) is 11.1 Å². The maximum atomic E-state index is 13.1. The van der Waals surface area contributed by atoms with Crippen LogP contribution in [-0.2, 0) is 6.54 Å². The number of rotatable bonds is 2. The topological polar surface area (TPSA) is 26.0 Å². The SMILES string of the molecule is NCc1ccc(F)cc1-c1ccccc1. The molecule has 2 rings (SSSR count). The fraction of sp³-hybridized carbons (Fsp3) is 0.0769. The van der Waals surface area contributed by atoms with E-state index in [9.17, 15) is 4.39 Å². The lowest BCUT2D eigenvalue weighted by Crippen LogP contribution is -1.99. The van der Waals surface area contributed by atoms with Crippen molar-refractivity contribution in [1.29, 1.82) is 0 Å². The zero-order chi connectivity index (χ0) is 10.7. The molecule has 0 unspecified atom stereocenters. The maximum absolute atomic E-state index is 13.1. The molecule has 2 N–H and O–H groups in total. The van der Waals surface area contributed by atoms with E-state index in [0.29, 0.717) is 6.54 Å². The van der Waals surface area contributed by atoms with Gasteiger partial charge in [0, 0.05) is 6.54 Å². The third-order valence-electron chi connectivity index (χ3n) is 2.38. The zero-order valence-electron chi connectivity index (χ0n) is 8.28. The van der Waals surface area contributed by atoms with Crippen molar-refractivity contribution in [2.75, 3.05) is 0 Å². The minimum atomic E-state index is -0.231. The molecular weight excluding hydrogens is 189 g/mol. The third kappa shape index (κ3) is 2.05. The Bertz CT molecular complexity index is 451. The van der Waals surface area contributed by atoms with Gasteiger partial charge in [0.25, 0.3) is 0 Å². The standard InChI is InChI=1S/C13H12FN/c14-12-7-6-11(9-15)13(8-12)10-4-2-1-3-5-10/h1-8H,9,15H2. The Labute approximate surface area is 88.4 Å². The summed E-state index contributed by atoms with van der Waals surface area (Å²) in [6.45, 7) is 0.421. The van der Waals surface area contributed by atoms with Gasteiger partial charge in [-0.2, -0.15) is 0 Å². The molecule has 0 aliphatic heterocycles. The van der Waals surface area contributed by atoms with Crippen LogP contribution >= 0.6 is 0 Å². The maximum Gasteiger partial charge on any atom is 0.123 e. The number of benzene rings is 2. The Morgan fingerprint density at radius 2 is 1.73 bits per heavy atom. The van der Waals surface area contributed by atoms with Gasteiger partial charge in [0.1, 0.15) is 5.82 Å². The second-order valence-electron chi connectivity index (χ2n) is 3.37. The normalized spacial score (nSPS) is 10.3. The van der Waals surface area contributed by atoms with E-state index < -0.39 is 0 Å². The summed E-state index contributed by atoms with van der Waals surface area (Å²) < 4.78 is 13.1. The second-order valence-corrected chi connectivity index (χ2v) is 3.37. The lowest BCUT2D eigenvalue weighted by Gasteiger charge is -2.07. The van der Waals surface area contributed by atoms with Crippen LogP contribution in [0.3, 0.4) is 0 Å². The van der Waals surface area contributed by atoms with E-state index in [1.54, 1.807) is 6.07 Å². The number of hydrogen-bond donors (Lipinski definition) is 1. The van der Waals surface area contributed by atoms with E-state index in [4.69, 9.17) is 5.73 Å². The van der Waals surface area contributed by atoms with Gasteiger partial charge >= 0.3 is 0 Å². The molecule has 76 valence electrons. The number of halogens is 1. The van der Waals surface area contributed by atoms with Crippen molar-refractivity contribution in [2.45, 2.75) is 6.54 Å². The highest BCUT2D eigenvalue weighted by molar-refractivity contribution is 5.67. The molecule has 0 radical (unpaired) electrons. The minimum Gasteiger partial charge on any atom is -0.326 e. The molecule has 2 aromatic rings. The average molecular weight is 201 g/mol. The van der Waals surface area contributed by atoms with Crippen LogP contribution in [0.4, 0.5) is 4.39 Å². The van der Waals surface area contributed by atoms with Gasteiger partial charge in [-0.05, 0) is 28.8 Å². The lowest BCUT2D eigenvalue weighted by molar-refractivity contribution is 0.627. The summed E-state index contributed by atoms with van der Waals surface area (Å²) in [5.41, 5.74) is 8.45. The van der Waals surface area contributed by atoms with Crippen molar-refractivity contribution in [2.24, 2.45) is 5.73 Å². The van der Waals surface area contributed by atoms with E-state index in [0.717, 1.165) is 16.7 Å². The summed E-state index contributed by atoms with van der Waals surface area (Å²) >= 11 is 0. The summed E-state index contributed by atoms with van der Waals surface area (Å²) in [5, 5.41) is 0. The molecular formula is C13H12FN. The molecule has 15 heavy (non-hydrogen) atoms. The summed E-state index contributed by atoms with van der Waals surface area (Å²) in [6.07, 6.45) is 0. The van der Waals surface area contributed by atoms with Crippen molar-refractivity contribution in [1.82, 2.24) is 0 Å². The van der Waals surface area contributed by atoms with Gasteiger partial charge in [0.05, 0.1) is 0 Å². The van der Waals surface area contributed by atoms with Crippen LogP contribution < -0.4 is 5.73 Å². The molecule has 2 heteroatoms. The minimum absolute atomic E-state index is 0.231. The Balaban J connectivity index is 2.56. The third-order valence-corrected chi connectivity index (χ3v) is 2.38. The van der Waals surface area contributed by atoms with Crippen LogP contribution in [0, 0.1) is 5.82 Å². The predicted octanol–water partition coefficient (Wildman–Crippen LogP) is 2.95. The lowest BCUT2D eigenvalue weighted by atomic mass is 10.00. The molecule has 0 aliphatic rings. The quantitative estimate of drug-likeness (QED) is 0.794. The average Bonchev–Trinajstić information content (AvgIpc) is 2.30. The summed E-state index contributed by atoms with van der Waals surface area (Å²) in [6, 6.07) is 14.4. The predicted molar refractivity (Wildman–Crippen MR) is 59.7 cm³/mol. The molecule has 0 fully saturated rings. The molecule has 0 heterocycles. The van der Waals surface area contributed by atoms with E-state index >= 15 is 0 Å². The van der Waals surface area contributed by atoms with Crippen LogP contribution in [0.2, 0.25) is 0 Å². The molecule has 0 saturated carbocycles. The first kappa shape index (κ1) is 9.87. The Morgan fingerprint density at radius 1 is 1.00 bits per heavy atom. The van der Waals surface area contributed by atoms with Crippen molar-refractivity contribution < 1.29 is 4.39 Å². The molecule has 0 atom stereocenters. The first-order valence-electron chi connectivity index (χ1n) is 4.85. The van der Waals surface area contributed by atoms with Crippen molar-refractivity contribution in [3.63, 3.8) is 0 Å². The molecule has 1 nitrogen and oxygen atoms in total. The smallest absolute Gasteiger partial charge is 0.123 e. The largest absolute Gasteiger partial charge is 0.326 e. The summed E-state index contributed by atoms with van der Waals surface area (Å²) in [4.78, 5) is 0. The monoisotopic (exact) mass is 201 g/mol. The number of nitrogens with two attached hydrogens (primary N) is 1. The van der Waals surface area contributed by atoms with Gasteiger partial charge in [-0.15, -0.1) is 0 Å². The van der Waals surface area contributed by atoms with Gasteiger partial charge < -0.3 is 5.73 Å². The summed E-state index contributed by atoms with van der Waals surface area (Å²) in [7, 11) is 0. The van der Waals surface area contributed by atoms with Crippen LogP contribution in [0.5, 0.6) is 0 Å². The first-order valence-corrected chi connectivity index (χ1v) is 4.85. The van der Waals surface area contributed by atoms with Crippen LogP contribution in [0.1, 0.15) is 5.56 Å². The fourth-order valence-corrected chi connectivity index (χ4v) is 1.61. The van der Waals surface area contributed by atoms with E-state index in [-0.39, 0.29) is 5.82 Å². The zero-order valence-corrected chi connectivity index (χ0v) is 8.28. The van der Waals surface area contributed by atoms with Crippen molar-refractivity contribution >= 4 is 0 Å². The molecule has 0 aliphatic carbocycles. The Hall–Kier alpha value is -1.67. The Morgan fingerprint density at radius 3 is 2.40 bits per heavy atom. The summed E-state index contributed by atoms with van der Waals surface area (Å²) in [5.74, 6) is -0.231. The van der Waals surface area contributed by atoms with Gasteiger partial charge in [-0.25, -0.2) is 4.39 Å². The van der Waals surface area contributed by atoms with E-state index in [2.05, 4.69) is 0 Å². The van der Waals surface area contributed by atoms with Gasteiger partial charge in [0.2, 0.25) is 0 Å². The highest BCUT2D eigenvalue weighted by Crippen LogP contribution is 2.24. The number of hydrogen-bond acceptors (Lipinski definition) is 1. The van der Waals surface area contributed by atoms with Crippen LogP contribution in [-0.4, -0.2) is 0 Å². The molecule has 0 saturated heterocycles. The highest BCUT2D eigenvalue weighted by Gasteiger charge is 2.04. The Kier molecular flexibility index (Phi) is 2.79. The molecule has 0 aromatic heterocycles. The van der Waals surface area contributed by atoms with Crippen LogP contribution in [0.25, 0.3) is 11.1 Å². The van der Waals surface area contributed by atoms with Crippen LogP contribution in [0.15, 0.2) is 48.5 Å². The highest BCUT2D eigenvalue weighted by atomic mass is 19.1. The van der Waals surface area contributed by atoms with Crippen molar-refractivity contribution in [3.05, 3.63) is 59.9 Å². The molecule has 2 aromatic carbocycles. The van der Waals surface area contributed by atoms with E-state index in [1.807, 2.05) is 30.3 Å². The molecule has 0 spiro atoms. The second kappa shape index (κ2) is 4.24. The van der Waals surface area contributed by atoms with Gasteiger partial charge in [0.15, 0.2) is 0 Å². The first-order chi connectivity index (χ1) is 7.31. The molecule has 0 amide bonds. The van der Waals surface area contributed by atoms with Gasteiger partial charge in [-0.3, -0.25) is 0 Å². The molecule has 0 bridgehead atoms. The van der Waals surface area contributed by atoms with Gasteiger partial charge in [-0.1, -0.05) is 36.4 Å². The van der Waals surface area contributed by atoms with E-state index in [1.165, 1.54) is 12.1 Å².